The first-order valence-corrected chi connectivity index (χ1v) is 12.4. The number of rotatable bonds is 6. The number of nitrogens with one attached hydrogen (secondary N) is 1. The molecule has 10 heteroatoms. The first-order valence-electron chi connectivity index (χ1n) is 10.6. The van der Waals surface area contributed by atoms with Crippen molar-refractivity contribution < 1.29 is 27.5 Å². The molecule has 33 heavy (non-hydrogen) atoms. The number of sulfonamides is 1. The highest BCUT2D eigenvalue weighted by Gasteiger charge is 2.35. The molecule has 0 saturated carbocycles. The van der Waals surface area contributed by atoms with Crippen molar-refractivity contribution in [1.29, 1.82) is 0 Å². The average molecular weight is 472 g/mol. The quantitative estimate of drug-likeness (QED) is 0.641. The summed E-state index contributed by atoms with van der Waals surface area (Å²) in [5.74, 6) is -0.813. The zero-order valence-electron chi connectivity index (χ0n) is 18.4. The number of methoxy groups -OCH3 is 1. The van der Waals surface area contributed by atoms with Gasteiger partial charge in [0, 0.05) is 19.1 Å². The molecule has 1 atom stereocenters. The van der Waals surface area contributed by atoms with Gasteiger partial charge in [-0.3, -0.25) is 19.3 Å². The topological polar surface area (TPSA) is 113 Å². The molecule has 2 aromatic carbocycles. The number of nitrogens with zero attached hydrogens (tertiary/aromatic N) is 2. The van der Waals surface area contributed by atoms with Crippen molar-refractivity contribution in [2.45, 2.75) is 25.4 Å². The van der Waals surface area contributed by atoms with Crippen molar-refractivity contribution in [2.75, 3.05) is 26.5 Å². The number of ether oxygens (including phenoxy) is 1. The summed E-state index contributed by atoms with van der Waals surface area (Å²) in [6.07, 6.45) is 2.46. The van der Waals surface area contributed by atoms with Gasteiger partial charge in [-0.05, 0) is 42.7 Å². The Balaban J connectivity index is 1.52. The number of carbonyl (C=O) groups excluding carboxylic acids is 3. The summed E-state index contributed by atoms with van der Waals surface area (Å²) in [7, 11) is -1.89. The molecule has 1 unspecified atom stereocenters. The Morgan fingerprint density at radius 1 is 1.12 bits per heavy atom. The lowest BCUT2D eigenvalue weighted by Gasteiger charge is -2.31. The number of hydrogen-bond donors (Lipinski definition) is 1. The lowest BCUT2D eigenvalue weighted by atomic mass is 10.0. The molecule has 174 valence electrons. The maximum atomic E-state index is 13.0. The van der Waals surface area contributed by atoms with Crippen LogP contribution in [0.1, 0.15) is 49.5 Å². The molecule has 0 spiro atoms. The van der Waals surface area contributed by atoms with Gasteiger partial charge in [0.1, 0.15) is 5.75 Å². The number of benzene rings is 2. The standard InChI is InChI=1S/C23H25N3O6S/c1-32-20-10-9-15(13-26-22(28)17-7-3-4-8-18(17)23(26)29)12-19(20)21(27)24-16-6-5-11-25(14-16)33(2,30)31/h3-4,7-10,12,16H,5-6,11,13-14H2,1-2H3,(H,24,27). The fraction of sp³-hybridized carbons (Fsp3) is 0.348. The maximum absolute atomic E-state index is 13.0. The van der Waals surface area contributed by atoms with Crippen LogP contribution in [-0.2, 0) is 16.6 Å². The number of fused-ring (bicyclic) bond motifs is 1. The SMILES string of the molecule is COc1ccc(CN2C(=O)c3ccccc3C2=O)cc1C(=O)NC1CCCN(S(C)(=O)=O)C1. The summed E-state index contributed by atoms with van der Waals surface area (Å²) >= 11 is 0. The third-order valence-corrected chi connectivity index (χ3v) is 7.19. The van der Waals surface area contributed by atoms with Crippen molar-refractivity contribution in [2.24, 2.45) is 0 Å². The Morgan fingerprint density at radius 2 is 1.79 bits per heavy atom. The first kappa shape index (κ1) is 22.9. The van der Waals surface area contributed by atoms with Crippen LogP contribution in [0.15, 0.2) is 42.5 Å². The predicted molar refractivity (Wildman–Crippen MR) is 121 cm³/mol. The van der Waals surface area contributed by atoms with Crippen molar-refractivity contribution in [3.05, 3.63) is 64.7 Å². The fourth-order valence-electron chi connectivity index (χ4n) is 4.22. The monoisotopic (exact) mass is 471 g/mol. The summed E-state index contributed by atoms with van der Waals surface area (Å²) in [4.78, 5) is 39.5. The second-order valence-electron chi connectivity index (χ2n) is 8.21. The first-order chi connectivity index (χ1) is 15.7. The molecule has 1 fully saturated rings. The van der Waals surface area contributed by atoms with Gasteiger partial charge in [0.25, 0.3) is 17.7 Å². The van der Waals surface area contributed by atoms with Crippen molar-refractivity contribution in [1.82, 2.24) is 14.5 Å². The molecule has 0 radical (unpaired) electrons. The van der Waals surface area contributed by atoms with Gasteiger partial charge >= 0.3 is 0 Å². The third kappa shape index (κ3) is 4.62. The van der Waals surface area contributed by atoms with Gasteiger partial charge in [-0.1, -0.05) is 18.2 Å². The predicted octanol–water partition coefficient (Wildman–Crippen LogP) is 1.65. The van der Waals surface area contributed by atoms with E-state index < -0.39 is 15.9 Å². The van der Waals surface area contributed by atoms with Crippen molar-refractivity contribution in [3.63, 3.8) is 0 Å². The molecule has 0 aliphatic carbocycles. The van der Waals surface area contributed by atoms with E-state index in [1.165, 1.54) is 11.4 Å². The highest BCUT2D eigenvalue weighted by molar-refractivity contribution is 7.88. The molecule has 0 bridgehead atoms. The van der Waals surface area contributed by atoms with E-state index in [4.69, 9.17) is 4.74 Å². The second-order valence-corrected chi connectivity index (χ2v) is 10.2. The molecular formula is C23H25N3O6S. The molecule has 2 aliphatic rings. The fourth-order valence-corrected chi connectivity index (χ4v) is 5.13. The Kier molecular flexibility index (Phi) is 6.22. The van der Waals surface area contributed by atoms with Crippen LogP contribution < -0.4 is 10.1 Å². The van der Waals surface area contributed by atoms with Gasteiger partial charge in [0.05, 0.1) is 36.6 Å². The summed E-state index contributed by atoms with van der Waals surface area (Å²) < 4.78 is 30.4. The van der Waals surface area contributed by atoms with E-state index in [2.05, 4.69) is 5.32 Å². The van der Waals surface area contributed by atoms with Crippen molar-refractivity contribution >= 4 is 27.7 Å². The molecular weight excluding hydrogens is 446 g/mol. The molecule has 1 saturated heterocycles. The molecule has 2 aliphatic heterocycles. The highest BCUT2D eigenvalue weighted by Crippen LogP contribution is 2.26. The molecule has 0 aromatic heterocycles. The molecule has 9 nitrogen and oxygen atoms in total. The maximum Gasteiger partial charge on any atom is 0.261 e. The Bertz CT molecular complexity index is 1190. The van der Waals surface area contributed by atoms with Gasteiger partial charge < -0.3 is 10.1 Å². The highest BCUT2D eigenvalue weighted by atomic mass is 32.2. The van der Waals surface area contributed by atoms with E-state index in [-0.39, 0.29) is 36.5 Å². The summed E-state index contributed by atoms with van der Waals surface area (Å²) in [6.45, 7) is 0.661. The van der Waals surface area contributed by atoms with E-state index in [1.807, 2.05) is 0 Å². The van der Waals surface area contributed by atoms with Gasteiger partial charge in [-0.25, -0.2) is 12.7 Å². The Morgan fingerprint density at radius 3 is 2.39 bits per heavy atom. The summed E-state index contributed by atoms with van der Waals surface area (Å²) in [5.41, 5.74) is 1.57. The van der Waals surface area contributed by atoms with Crippen LogP contribution >= 0.6 is 0 Å². The third-order valence-electron chi connectivity index (χ3n) is 5.92. The van der Waals surface area contributed by atoms with Crippen LogP contribution in [0.3, 0.4) is 0 Å². The van der Waals surface area contributed by atoms with Gasteiger partial charge in [0.15, 0.2) is 0 Å². The van der Waals surface area contributed by atoms with Gasteiger partial charge in [-0.15, -0.1) is 0 Å². The second kappa shape index (κ2) is 8.95. The number of piperidine rings is 1. The Labute approximate surface area is 192 Å². The minimum atomic E-state index is -3.34. The normalized spacial score (nSPS) is 18.8. The summed E-state index contributed by atoms with van der Waals surface area (Å²) in [6, 6.07) is 11.2. The largest absolute Gasteiger partial charge is 0.496 e. The number of imide groups is 1. The van der Waals surface area contributed by atoms with Crippen LogP contribution in [-0.4, -0.2) is 67.8 Å². The minimum absolute atomic E-state index is 0.0158. The number of hydrogen-bond acceptors (Lipinski definition) is 6. The average Bonchev–Trinajstić information content (AvgIpc) is 3.03. The molecule has 4 rings (SSSR count). The molecule has 1 N–H and O–H groups in total. The van der Waals surface area contributed by atoms with Crippen molar-refractivity contribution in [3.8, 4) is 5.75 Å². The number of carbonyl (C=O) groups is 3. The van der Waals surface area contributed by atoms with E-state index in [9.17, 15) is 22.8 Å². The Hall–Kier alpha value is -3.24. The lowest BCUT2D eigenvalue weighted by Crippen LogP contribution is -2.49. The van der Waals surface area contributed by atoms with Crippen LogP contribution in [0.2, 0.25) is 0 Å². The molecule has 2 heterocycles. The smallest absolute Gasteiger partial charge is 0.261 e. The molecule has 3 amide bonds. The van der Waals surface area contributed by atoms with Crippen LogP contribution in [0.4, 0.5) is 0 Å². The zero-order chi connectivity index (χ0) is 23.8. The molecule has 2 aromatic rings. The minimum Gasteiger partial charge on any atom is -0.496 e. The van der Waals surface area contributed by atoms with E-state index in [0.717, 1.165) is 11.2 Å². The van der Waals surface area contributed by atoms with Crippen LogP contribution in [0.25, 0.3) is 0 Å². The van der Waals surface area contributed by atoms with Crippen LogP contribution in [0.5, 0.6) is 5.75 Å². The van der Waals surface area contributed by atoms with E-state index >= 15 is 0 Å². The van der Waals surface area contributed by atoms with Crippen LogP contribution in [0, 0.1) is 0 Å². The summed E-state index contributed by atoms with van der Waals surface area (Å²) in [5, 5.41) is 2.89. The van der Waals surface area contributed by atoms with E-state index in [1.54, 1.807) is 42.5 Å². The van der Waals surface area contributed by atoms with Gasteiger partial charge in [-0.2, -0.15) is 0 Å². The number of amides is 3. The lowest BCUT2D eigenvalue weighted by molar-refractivity contribution is 0.0642. The zero-order valence-corrected chi connectivity index (χ0v) is 19.2. The van der Waals surface area contributed by atoms with E-state index in [0.29, 0.717) is 41.8 Å². The van der Waals surface area contributed by atoms with Gasteiger partial charge in [0.2, 0.25) is 10.0 Å².